The molecule has 6 heteroatoms. The van der Waals surface area contributed by atoms with Crippen molar-refractivity contribution >= 4 is 39.2 Å². The van der Waals surface area contributed by atoms with E-state index in [2.05, 4.69) is 21.2 Å². The van der Waals surface area contributed by atoms with E-state index in [0.29, 0.717) is 30.3 Å². The van der Waals surface area contributed by atoms with Gasteiger partial charge in [0.25, 0.3) is 0 Å². The molecule has 0 spiro atoms. The van der Waals surface area contributed by atoms with E-state index in [4.69, 9.17) is 21.1 Å². The number of ether oxygens (including phenoxy) is 2. The van der Waals surface area contributed by atoms with Gasteiger partial charge in [0.15, 0.2) is 0 Å². The molecule has 0 heterocycles. The van der Waals surface area contributed by atoms with Crippen molar-refractivity contribution in [3.63, 3.8) is 0 Å². The van der Waals surface area contributed by atoms with Crippen LogP contribution in [-0.4, -0.2) is 12.6 Å². The van der Waals surface area contributed by atoms with Gasteiger partial charge in [-0.05, 0) is 67.1 Å². The molecule has 0 aliphatic heterocycles. The maximum absolute atomic E-state index is 11.8. The predicted octanol–water partition coefficient (Wildman–Crippen LogP) is 6.47. The second-order valence-electron chi connectivity index (χ2n) is 6.32. The van der Waals surface area contributed by atoms with Gasteiger partial charge in [0, 0.05) is 27.3 Å². The summed E-state index contributed by atoms with van der Waals surface area (Å²) in [7, 11) is 0. The van der Waals surface area contributed by atoms with Gasteiger partial charge in [0.2, 0.25) is 0 Å². The quantitative estimate of drug-likeness (QED) is 0.380. The molecule has 0 saturated heterocycles. The number of benzene rings is 3. The van der Waals surface area contributed by atoms with Gasteiger partial charge in [0.1, 0.15) is 12.4 Å². The van der Waals surface area contributed by atoms with Crippen LogP contribution in [0.25, 0.3) is 0 Å². The van der Waals surface area contributed by atoms with Crippen LogP contribution in [0.2, 0.25) is 5.02 Å². The van der Waals surface area contributed by atoms with E-state index in [1.807, 2.05) is 54.6 Å². The van der Waals surface area contributed by atoms with E-state index >= 15 is 0 Å². The first-order chi connectivity index (χ1) is 14.0. The molecule has 29 heavy (non-hydrogen) atoms. The molecular weight excluding hydrogens is 454 g/mol. The Morgan fingerprint density at radius 3 is 2.59 bits per heavy atom. The Morgan fingerprint density at radius 1 is 1.07 bits per heavy atom. The number of hydrogen-bond acceptors (Lipinski definition) is 4. The topological polar surface area (TPSA) is 47.6 Å². The number of anilines is 1. The van der Waals surface area contributed by atoms with E-state index in [1.54, 1.807) is 19.1 Å². The molecule has 0 saturated carbocycles. The van der Waals surface area contributed by atoms with Crippen LogP contribution in [0.4, 0.5) is 5.69 Å². The van der Waals surface area contributed by atoms with Gasteiger partial charge in [0.05, 0.1) is 12.2 Å². The normalized spacial score (nSPS) is 10.4. The van der Waals surface area contributed by atoms with Gasteiger partial charge >= 0.3 is 5.97 Å². The first-order valence-corrected chi connectivity index (χ1v) is 10.4. The fraction of sp³-hybridized carbons (Fsp3) is 0.174. The molecular formula is C23H21BrClNO3. The van der Waals surface area contributed by atoms with E-state index < -0.39 is 0 Å². The fourth-order valence-electron chi connectivity index (χ4n) is 2.75. The lowest BCUT2D eigenvalue weighted by atomic mass is 10.1. The van der Waals surface area contributed by atoms with Crippen molar-refractivity contribution in [3.8, 4) is 5.75 Å². The lowest BCUT2D eigenvalue weighted by Crippen LogP contribution is -2.06. The van der Waals surface area contributed by atoms with Crippen LogP contribution in [0.3, 0.4) is 0 Å². The Labute approximate surface area is 183 Å². The number of rotatable bonds is 8. The lowest BCUT2D eigenvalue weighted by Gasteiger charge is -2.14. The molecule has 0 fully saturated rings. The van der Waals surface area contributed by atoms with Crippen LogP contribution >= 0.6 is 27.5 Å². The number of carbonyl (C=O) groups excluding carboxylic acids is 1. The molecule has 0 aliphatic rings. The first kappa shape index (κ1) is 21.2. The third-order valence-corrected chi connectivity index (χ3v) is 4.91. The monoisotopic (exact) mass is 473 g/mol. The third kappa shape index (κ3) is 6.24. The predicted molar refractivity (Wildman–Crippen MR) is 120 cm³/mol. The van der Waals surface area contributed by atoms with Gasteiger partial charge in [-0.25, -0.2) is 4.79 Å². The van der Waals surface area contributed by atoms with Crippen molar-refractivity contribution in [1.29, 1.82) is 0 Å². The van der Waals surface area contributed by atoms with E-state index in [9.17, 15) is 4.79 Å². The molecule has 0 radical (unpaired) electrons. The summed E-state index contributed by atoms with van der Waals surface area (Å²) in [5, 5.41) is 4.05. The molecule has 0 bridgehead atoms. The zero-order chi connectivity index (χ0) is 20.6. The zero-order valence-corrected chi connectivity index (χ0v) is 18.3. The smallest absolute Gasteiger partial charge is 0.338 e. The molecule has 4 nitrogen and oxygen atoms in total. The maximum atomic E-state index is 11.8. The minimum atomic E-state index is -0.317. The molecule has 150 valence electrons. The lowest BCUT2D eigenvalue weighted by molar-refractivity contribution is 0.0526. The summed E-state index contributed by atoms with van der Waals surface area (Å²) < 4.78 is 12.0. The third-order valence-electron chi connectivity index (χ3n) is 4.18. The number of nitrogens with one attached hydrogen (secondary N) is 1. The van der Waals surface area contributed by atoms with E-state index in [1.165, 1.54) is 0 Å². The molecule has 0 unspecified atom stereocenters. The van der Waals surface area contributed by atoms with Gasteiger partial charge < -0.3 is 14.8 Å². The largest absolute Gasteiger partial charge is 0.489 e. The summed E-state index contributed by atoms with van der Waals surface area (Å²) in [5.74, 6) is 0.478. The Kier molecular flexibility index (Phi) is 7.55. The van der Waals surface area contributed by atoms with Gasteiger partial charge in [-0.15, -0.1) is 0 Å². The van der Waals surface area contributed by atoms with E-state index in [0.717, 1.165) is 27.0 Å². The fourth-order valence-corrected chi connectivity index (χ4v) is 3.37. The van der Waals surface area contributed by atoms with Gasteiger partial charge in [-0.2, -0.15) is 0 Å². The Morgan fingerprint density at radius 2 is 1.86 bits per heavy atom. The van der Waals surface area contributed by atoms with Crippen LogP contribution in [0.1, 0.15) is 28.4 Å². The summed E-state index contributed by atoms with van der Waals surface area (Å²) in [6.07, 6.45) is 0. The number of hydrogen-bond donors (Lipinski definition) is 1. The van der Waals surface area contributed by atoms with Crippen molar-refractivity contribution in [1.82, 2.24) is 0 Å². The second-order valence-corrected chi connectivity index (χ2v) is 7.67. The molecule has 0 aliphatic carbocycles. The molecule has 0 amide bonds. The van der Waals surface area contributed by atoms with Gasteiger partial charge in [-0.1, -0.05) is 39.7 Å². The molecule has 3 aromatic carbocycles. The Bertz CT molecular complexity index is 976. The number of halogens is 2. The highest BCUT2D eigenvalue weighted by Crippen LogP contribution is 2.26. The molecule has 3 rings (SSSR count). The van der Waals surface area contributed by atoms with Gasteiger partial charge in [-0.3, -0.25) is 0 Å². The highest BCUT2D eigenvalue weighted by Gasteiger charge is 2.08. The summed E-state index contributed by atoms with van der Waals surface area (Å²) in [6, 6.07) is 20.7. The summed E-state index contributed by atoms with van der Waals surface area (Å²) in [6.45, 7) is 3.16. The molecule has 1 N–H and O–H groups in total. The average molecular weight is 475 g/mol. The SMILES string of the molecule is CCOC(=O)c1ccc(NCc2cc(Br)ccc2OCc2cccc(Cl)c2)cc1. The minimum absolute atomic E-state index is 0.317. The molecule has 3 aromatic rings. The summed E-state index contributed by atoms with van der Waals surface area (Å²) in [5.41, 5.74) is 3.45. The van der Waals surface area contributed by atoms with Crippen LogP contribution in [0.5, 0.6) is 5.75 Å². The highest BCUT2D eigenvalue weighted by molar-refractivity contribution is 9.10. The Hall–Kier alpha value is -2.50. The van der Waals surface area contributed by atoms with E-state index in [-0.39, 0.29) is 5.97 Å². The number of esters is 1. The van der Waals surface area contributed by atoms with Crippen molar-refractivity contribution in [2.45, 2.75) is 20.1 Å². The zero-order valence-electron chi connectivity index (χ0n) is 16.0. The second kappa shape index (κ2) is 10.3. The molecule has 0 atom stereocenters. The first-order valence-electron chi connectivity index (χ1n) is 9.22. The van der Waals surface area contributed by atoms with Crippen LogP contribution in [-0.2, 0) is 17.9 Å². The summed E-state index contributed by atoms with van der Waals surface area (Å²) in [4.78, 5) is 11.8. The van der Waals surface area contributed by atoms with Crippen LogP contribution in [0.15, 0.2) is 71.2 Å². The number of carbonyl (C=O) groups is 1. The summed E-state index contributed by atoms with van der Waals surface area (Å²) >= 11 is 9.56. The van der Waals surface area contributed by atoms with Crippen molar-refractivity contribution in [2.24, 2.45) is 0 Å². The highest BCUT2D eigenvalue weighted by atomic mass is 79.9. The van der Waals surface area contributed by atoms with Crippen molar-refractivity contribution < 1.29 is 14.3 Å². The Balaban J connectivity index is 1.65. The van der Waals surface area contributed by atoms with Crippen LogP contribution in [0, 0.1) is 0 Å². The maximum Gasteiger partial charge on any atom is 0.338 e. The van der Waals surface area contributed by atoms with Crippen LogP contribution < -0.4 is 10.1 Å². The van der Waals surface area contributed by atoms with Crippen molar-refractivity contribution in [3.05, 3.63) is 92.9 Å². The average Bonchev–Trinajstić information content (AvgIpc) is 2.72. The standard InChI is InChI=1S/C23H21BrClNO3/c1-2-28-23(27)17-6-9-21(10-7-17)26-14-18-13-19(24)8-11-22(18)29-15-16-4-3-5-20(25)12-16/h3-13,26H,2,14-15H2,1H3. The van der Waals surface area contributed by atoms with Crippen molar-refractivity contribution in [2.75, 3.05) is 11.9 Å². The molecule has 0 aromatic heterocycles. The minimum Gasteiger partial charge on any atom is -0.489 e.